The van der Waals surface area contributed by atoms with Crippen molar-refractivity contribution in [3.05, 3.63) is 24.3 Å². The second-order valence-corrected chi connectivity index (χ2v) is 6.50. The third-order valence-corrected chi connectivity index (χ3v) is 4.78. The topological polar surface area (TPSA) is 62.8 Å². The summed E-state index contributed by atoms with van der Waals surface area (Å²) in [5, 5.41) is 5.89. The lowest BCUT2D eigenvalue weighted by Crippen LogP contribution is -2.41. The molecule has 0 saturated carbocycles. The summed E-state index contributed by atoms with van der Waals surface area (Å²) in [5.41, 5.74) is 1.13. The molecule has 0 aromatic heterocycles. The van der Waals surface area contributed by atoms with Crippen LogP contribution in [0.25, 0.3) is 0 Å². The average Bonchev–Trinajstić information content (AvgIpc) is 3.29. The molecule has 1 aromatic carbocycles. The number of rotatable bonds is 6. The number of carbonyl (C=O) groups is 1. The van der Waals surface area contributed by atoms with Crippen LogP contribution in [-0.4, -0.2) is 52.0 Å². The Kier molecular flexibility index (Phi) is 5.80. The Labute approximate surface area is 143 Å². The van der Waals surface area contributed by atoms with Crippen molar-refractivity contribution in [1.82, 2.24) is 10.6 Å². The molecule has 2 fully saturated rings. The number of hydrogen-bond acceptors (Lipinski definition) is 4. The summed E-state index contributed by atoms with van der Waals surface area (Å²) in [6, 6.07) is 7.99. The molecular formula is C18H27N3O3. The number of methoxy groups -OCH3 is 1. The monoisotopic (exact) mass is 333 g/mol. The van der Waals surface area contributed by atoms with Gasteiger partial charge in [-0.1, -0.05) is 12.1 Å². The molecule has 0 spiro atoms. The molecule has 1 aromatic rings. The predicted molar refractivity (Wildman–Crippen MR) is 93.7 cm³/mol. The molecule has 3 rings (SSSR count). The number of benzene rings is 1. The van der Waals surface area contributed by atoms with Gasteiger partial charge in [-0.3, -0.25) is 0 Å². The maximum atomic E-state index is 11.9. The summed E-state index contributed by atoms with van der Waals surface area (Å²) in [6.45, 7) is 4.04. The smallest absolute Gasteiger partial charge is 0.314 e. The number of anilines is 1. The molecule has 6 heteroatoms. The van der Waals surface area contributed by atoms with Gasteiger partial charge in [0, 0.05) is 32.8 Å². The summed E-state index contributed by atoms with van der Waals surface area (Å²) in [7, 11) is 1.70. The van der Waals surface area contributed by atoms with Crippen molar-refractivity contribution in [3.8, 4) is 5.75 Å². The summed E-state index contributed by atoms with van der Waals surface area (Å²) in [5.74, 6) is 1.36. The molecule has 2 atom stereocenters. The number of nitrogens with zero attached hydrogens (tertiary/aromatic N) is 1. The molecular weight excluding hydrogens is 306 g/mol. The van der Waals surface area contributed by atoms with Gasteiger partial charge < -0.3 is 25.0 Å². The second kappa shape index (κ2) is 8.24. The number of para-hydroxylation sites is 2. The molecule has 6 nitrogen and oxygen atoms in total. The Morgan fingerprint density at radius 3 is 2.92 bits per heavy atom. The summed E-state index contributed by atoms with van der Waals surface area (Å²) in [4.78, 5) is 14.2. The van der Waals surface area contributed by atoms with E-state index in [-0.39, 0.29) is 12.1 Å². The third kappa shape index (κ3) is 4.32. The van der Waals surface area contributed by atoms with E-state index in [2.05, 4.69) is 21.6 Å². The Bertz CT molecular complexity index is 546. The molecule has 0 radical (unpaired) electrons. The van der Waals surface area contributed by atoms with Crippen molar-refractivity contribution in [3.63, 3.8) is 0 Å². The van der Waals surface area contributed by atoms with Gasteiger partial charge in [-0.2, -0.15) is 0 Å². The average molecular weight is 333 g/mol. The van der Waals surface area contributed by atoms with Crippen molar-refractivity contribution in [2.24, 2.45) is 5.92 Å². The van der Waals surface area contributed by atoms with Gasteiger partial charge in [0.15, 0.2) is 0 Å². The first kappa shape index (κ1) is 16.9. The van der Waals surface area contributed by atoms with Crippen molar-refractivity contribution >= 4 is 11.7 Å². The number of nitrogens with one attached hydrogen (secondary N) is 2. The minimum absolute atomic E-state index is 0.0961. The summed E-state index contributed by atoms with van der Waals surface area (Å²) in [6.07, 6.45) is 3.39. The molecule has 2 saturated heterocycles. The molecule has 0 aliphatic carbocycles. The van der Waals surface area contributed by atoms with Crippen molar-refractivity contribution in [2.45, 2.75) is 25.4 Å². The molecule has 2 amide bonds. The number of hydrogen-bond donors (Lipinski definition) is 2. The second-order valence-electron chi connectivity index (χ2n) is 6.50. The van der Waals surface area contributed by atoms with Crippen LogP contribution in [0.4, 0.5) is 10.5 Å². The van der Waals surface area contributed by atoms with Gasteiger partial charge in [0.1, 0.15) is 5.75 Å². The quantitative estimate of drug-likeness (QED) is 0.836. The Morgan fingerprint density at radius 1 is 1.29 bits per heavy atom. The van der Waals surface area contributed by atoms with Gasteiger partial charge in [0.25, 0.3) is 0 Å². The van der Waals surface area contributed by atoms with E-state index >= 15 is 0 Å². The first-order valence-electron chi connectivity index (χ1n) is 8.77. The SMILES string of the molecule is COc1ccccc1N1CC[C@@H](CNC(=O)NC[C@@H]2CCCO2)C1. The highest BCUT2D eigenvalue weighted by atomic mass is 16.5. The standard InChI is InChI=1S/C18H27N3O3/c1-23-17-7-3-2-6-16(17)21-9-8-14(13-21)11-19-18(22)20-12-15-5-4-10-24-15/h2-3,6-7,14-15H,4-5,8-13H2,1H3,(H2,19,20,22)/t14-,15-/m0/s1. The van der Waals surface area contributed by atoms with Gasteiger partial charge in [0.2, 0.25) is 0 Å². The molecule has 24 heavy (non-hydrogen) atoms. The number of carbonyl (C=O) groups excluding carboxylic acids is 1. The zero-order valence-electron chi connectivity index (χ0n) is 14.3. The van der Waals surface area contributed by atoms with E-state index in [0.29, 0.717) is 19.0 Å². The molecule has 0 bridgehead atoms. The number of urea groups is 1. The molecule has 2 N–H and O–H groups in total. The van der Waals surface area contributed by atoms with Crippen LogP contribution in [0.3, 0.4) is 0 Å². The van der Waals surface area contributed by atoms with E-state index in [1.54, 1.807) is 7.11 Å². The zero-order chi connectivity index (χ0) is 16.8. The van der Waals surface area contributed by atoms with Crippen LogP contribution in [0.2, 0.25) is 0 Å². The van der Waals surface area contributed by atoms with Crippen LogP contribution in [0, 0.1) is 5.92 Å². The lowest BCUT2D eigenvalue weighted by molar-refractivity contribution is 0.111. The van der Waals surface area contributed by atoms with Crippen LogP contribution in [0.15, 0.2) is 24.3 Å². The molecule has 2 aliphatic rings. The minimum atomic E-state index is -0.0961. The van der Waals surface area contributed by atoms with Gasteiger partial charge >= 0.3 is 6.03 Å². The van der Waals surface area contributed by atoms with Crippen molar-refractivity contribution in [1.29, 1.82) is 0 Å². The fourth-order valence-corrected chi connectivity index (χ4v) is 3.42. The van der Waals surface area contributed by atoms with Gasteiger partial charge in [-0.25, -0.2) is 4.79 Å². The van der Waals surface area contributed by atoms with Crippen LogP contribution < -0.4 is 20.3 Å². The fourth-order valence-electron chi connectivity index (χ4n) is 3.42. The minimum Gasteiger partial charge on any atom is -0.495 e. The van der Waals surface area contributed by atoms with E-state index < -0.39 is 0 Å². The normalized spacial score (nSPS) is 23.3. The maximum Gasteiger partial charge on any atom is 0.314 e. The highest BCUT2D eigenvalue weighted by Crippen LogP contribution is 2.31. The van der Waals surface area contributed by atoms with Gasteiger partial charge in [-0.15, -0.1) is 0 Å². The van der Waals surface area contributed by atoms with Gasteiger partial charge in [-0.05, 0) is 37.3 Å². The zero-order valence-corrected chi connectivity index (χ0v) is 14.3. The van der Waals surface area contributed by atoms with Gasteiger partial charge in [0.05, 0.1) is 18.9 Å². The molecule has 2 aliphatic heterocycles. The van der Waals surface area contributed by atoms with E-state index in [1.807, 2.05) is 18.2 Å². The van der Waals surface area contributed by atoms with E-state index in [9.17, 15) is 4.79 Å². The highest BCUT2D eigenvalue weighted by Gasteiger charge is 2.25. The number of amides is 2. The van der Waals surface area contributed by atoms with E-state index in [1.165, 1.54) is 0 Å². The fraction of sp³-hybridized carbons (Fsp3) is 0.611. The maximum absolute atomic E-state index is 11.9. The highest BCUT2D eigenvalue weighted by molar-refractivity contribution is 5.73. The van der Waals surface area contributed by atoms with Crippen LogP contribution >= 0.6 is 0 Å². The summed E-state index contributed by atoms with van der Waals surface area (Å²) < 4.78 is 10.9. The first-order chi connectivity index (χ1) is 11.8. The number of ether oxygens (including phenoxy) is 2. The Hall–Kier alpha value is -1.95. The largest absolute Gasteiger partial charge is 0.495 e. The molecule has 2 heterocycles. The first-order valence-corrected chi connectivity index (χ1v) is 8.77. The lowest BCUT2D eigenvalue weighted by Gasteiger charge is -2.21. The predicted octanol–water partition coefficient (Wildman–Crippen LogP) is 2.00. The molecule has 0 unspecified atom stereocenters. The van der Waals surface area contributed by atoms with E-state index in [0.717, 1.165) is 50.4 Å². The lowest BCUT2D eigenvalue weighted by atomic mass is 10.1. The van der Waals surface area contributed by atoms with Crippen molar-refractivity contribution < 1.29 is 14.3 Å². The van der Waals surface area contributed by atoms with E-state index in [4.69, 9.17) is 9.47 Å². The summed E-state index contributed by atoms with van der Waals surface area (Å²) >= 11 is 0. The Morgan fingerprint density at radius 2 is 2.12 bits per heavy atom. The third-order valence-electron chi connectivity index (χ3n) is 4.78. The van der Waals surface area contributed by atoms with Crippen molar-refractivity contribution in [2.75, 3.05) is 44.8 Å². The van der Waals surface area contributed by atoms with Crippen LogP contribution in [0.1, 0.15) is 19.3 Å². The molecule has 132 valence electrons. The Balaban J connectivity index is 1.40. The van der Waals surface area contributed by atoms with Crippen LogP contribution in [-0.2, 0) is 4.74 Å². The van der Waals surface area contributed by atoms with Crippen LogP contribution in [0.5, 0.6) is 5.75 Å².